The summed E-state index contributed by atoms with van der Waals surface area (Å²) in [5.74, 6) is 0.108. The van der Waals surface area contributed by atoms with Crippen molar-refractivity contribution < 1.29 is 9.72 Å². The Balaban J connectivity index is 1.86. The van der Waals surface area contributed by atoms with Gasteiger partial charge in [-0.2, -0.15) is 0 Å². The molecule has 1 fully saturated rings. The Bertz CT molecular complexity index is 779. The molecule has 7 nitrogen and oxygen atoms in total. The topological polar surface area (TPSA) is 88.4 Å². The molecule has 1 aromatic heterocycles. The maximum Gasteiger partial charge on any atom is 0.293 e. The molecule has 0 saturated carbocycles. The normalized spacial score (nSPS) is 17.2. The molecule has 130 valence electrons. The number of nitrogens with zero attached hydrogens (tertiary/aromatic N) is 3. The summed E-state index contributed by atoms with van der Waals surface area (Å²) in [5.41, 5.74) is 1.34. The quantitative estimate of drug-likeness (QED) is 0.680. The van der Waals surface area contributed by atoms with E-state index < -0.39 is 10.8 Å². The number of benzene rings is 1. The number of amides is 1. The third kappa shape index (κ3) is 3.93. The Hall–Kier alpha value is -2.96. The molecule has 1 saturated heterocycles. The fourth-order valence-corrected chi connectivity index (χ4v) is 3.13. The van der Waals surface area contributed by atoms with E-state index in [0.29, 0.717) is 17.3 Å². The first-order valence-electron chi connectivity index (χ1n) is 8.29. The van der Waals surface area contributed by atoms with Crippen LogP contribution in [0.1, 0.15) is 30.1 Å². The first-order valence-corrected chi connectivity index (χ1v) is 8.29. The third-order valence-corrected chi connectivity index (χ3v) is 4.35. The van der Waals surface area contributed by atoms with Crippen LogP contribution in [0.5, 0.6) is 0 Å². The Morgan fingerprint density at radius 2 is 2.24 bits per heavy atom. The highest BCUT2D eigenvalue weighted by atomic mass is 16.6. The van der Waals surface area contributed by atoms with Gasteiger partial charge in [0.2, 0.25) is 0 Å². The van der Waals surface area contributed by atoms with Crippen LogP contribution in [-0.4, -0.2) is 28.9 Å². The number of pyridine rings is 1. The minimum atomic E-state index is -0.421. The van der Waals surface area contributed by atoms with Crippen molar-refractivity contribution in [3.8, 4) is 0 Å². The molecule has 0 bridgehead atoms. The van der Waals surface area contributed by atoms with Gasteiger partial charge in [0.25, 0.3) is 11.6 Å². The van der Waals surface area contributed by atoms with Gasteiger partial charge in [0.1, 0.15) is 5.69 Å². The number of hydrogen-bond donors (Lipinski definition) is 1. The molecule has 2 heterocycles. The average molecular weight is 340 g/mol. The maximum atomic E-state index is 12.4. The van der Waals surface area contributed by atoms with E-state index in [-0.39, 0.29) is 11.3 Å². The largest absolute Gasteiger partial charge is 0.366 e. The Morgan fingerprint density at radius 3 is 2.92 bits per heavy atom. The van der Waals surface area contributed by atoms with Crippen molar-refractivity contribution in [2.45, 2.75) is 19.8 Å². The number of nitrogens with one attached hydrogen (secondary N) is 1. The summed E-state index contributed by atoms with van der Waals surface area (Å²) in [6, 6.07) is 8.07. The number of anilines is 2. The standard InChI is InChI=1S/C18H20N4O3/c1-13-4-3-9-21(12-13)16-7-6-14(10-17(16)22(24)25)18(23)20-15-5-2-8-19-11-15/h2,5-8,10-11,13H,3-4,9,12H2,1H3,(H,20,23)/t13-/m0/s1. The van der Waals surface area contributed by atoms with Crippen LogP contribution < -0.4 is 10.2 Å². The zero-order valence-corrected chi connectivity index (χ0v) is 14.0. The smallest absolute Gasteiger partial charge is 0.293 e. The summed E-state index contributed by atoms with van der Waals surface area (Å²) < 4.78 is 0. The van der Waals surface area contributed by atoms with E-state index in [2.05, 4.69) is 17.2 Å². The molecule has 1 atom stereocenters. The molecular weight excluding hydrogens is 320 g/mol. The monoisotopic (exact) mass is 340 g/mol. The van der Waals surface area contributed by atoms with Crippen LogP contribution in [0.3, 0.4) is 0 Å². The number of nitro groups is 1. The van der Waals surface area contributed by atoms with Crippen LogP contribution in [0.2, 0.25) is 0 Å². The van der Waals surface area contributed by atoms with Crippen LogP contribution in [0, 0.1) is 16.0 Å². The SMILES string of the molecule is C[C@H]1CCCN(c2ccc(C(=O)Nc3cccnc3)cc2[N+](=O)[O-])C1. The van der Waals surface area contributed by atoms with E-state index in [1.54, 1.807) is 30.5 Å². The predicted octanol–water partition coefficient (Wildman–Crippen LogP) is 3.48. The molecule has 1 aliphatic heterocycles. The molecular formula is C18H20N4O3. The van der Waals surface area contributed by atoms with Gasteiger partial charge in [-0.05, 0) is 43.0 Å². The van der Waals surface area contributed by atoms with Crippen molar-refractivity contribution in [2.75, 3.05) is 23.3 Å². The molecule has 0 radical (unpaired) electrons. The van der Waals surface area contributed by atoms with Gasteiger partial charge in [-0.3, -0.25) is 19.9 Å². The highest BCUT2D eigenvalue weighted by Crippen LogP contribution is 2.32. The van der Waals surface area contributed by atoms with E-state index in [0.717, 1.165) is 25.9 Å². The minimum Gasteiger partial charge on any atom is -0.366 e. The molecule has 0 aliphatic carbocycles. The number of rotatable bonds is 4. The van der Waals surface area contributed by atoms with Gasteiger partial charge >= 0.3 is 0 Å². The minimum absolute atomic E-state index is 0.0343. The zero-order valence-electron chi connectivity index (χ0n) is 14.0. The van der Waals surface area contributed by atoms with Gasteiger partial charge in [0.15, 0.2) is 0 Å². The lowest BCUT2D eigenvalue weighted by Crippen LogP contribution is -2.34. The lowest BCUT2D eigenvalue weighted by atomic mass is 9.99. The number of piperidine rings is 1. The molecule has 3 rings (SSSR count). The number of carbonyl (C=O) groups is 1. The Kier molecular flexibility index (Phi) is 4.92. The predicted molar refractivity (Wildman–Crippen MR) is 95.9 cm³/mol. The van der Waals surface area contributed by atoms with Gasteiger partial charge in [-0.25, -0.2) is 0 Å². The van der Waals surface area contributed by atoms with Crippen LogP contribution in [0.25, 0.3) is 0 Å². The summed E-state index contributed by atoms with van der Waals surface area (Å²) in [4.78, 5) is 29.4. The van der Waals surface area contributed by atoms with Gasteiger partial charge in [0.05, 0.1) is 16.8 Å². The van der Waals surface area contributed by atoms with E-state index in [1.165, 1.54) is 12.3 Å². The lowest BCUT2D eigenvalue weighted by Gasteiger charge is -2.32. The third-order valence-electron chi connectivity index (χ3n) is 4.35. The molecule has 1 N–H and O–H groups in total. The first kappa shape index (κ1) is 16.9. The van der Waals surface area contributed by atoms with Crippen LogP contribution in [0.15, 0.2) is 42.7 Å². The molecule has 0 spiro atoms. The van der Waals surface area contributed by atoms with E-state index in [9.17, 15) is 14.9 Å². The van der Waals surface area contributed by atoms with Gasteiger partial charge in [-0.15, -0.1) is 0 Å². The van der Waals surface area contributed by atoms with Crippen molar-refractivity contribution in [3.63, 3.8) is 0 Å². The fraction of sp³-hybridized carbons (Fsp3) is 0.333. The lowest BCUT2D eigenvalue weighted by molar-refractivity contribution is -0.384. The zero-order chi connectivity index (χ0) is 17.8. The number of aromatic nitrogens is 1. The van der Waals surface area contributed by atoms with Crippen molar-refractivity contribution in [1.29, 1.82) is 0 Å². The molecule has 1 amide bonds. The first-order chi connectivity index (χ1) is 12.0. The molecule has 25 heavy (non-hydrogen) atoms. The van der Waals surface area contributed by atoms with Gasteiger partial charge < -0.3 is 10.2 Å². The van der Waals surface area contributed by atoms with Crippen LogP contribution >= 0.6 is 0 Å². The second kappa shape index (κ2) is 7.29. The van der Waals surface area contributed by atoms with Gasteiger partial charge in [-0.1, -0.05) is 6.92 Å². The van der Waals surface area contributed by atoms with Crippen molar-refractivity contribution in [1.82, 2.24) is 4.98 Å². The molecule has 0 unspecified atom stereocenters. The van der Waals surface area contributed by atoms with Crippen molar-refractivity contribution >= 4 is 23.0 Å². The Morgan fingerprint density at radius 1 is 1.40 bits per heavy atom. The molecule has 1 aliphatic rings. The summed E-state index contributed by atoms with van der Waals surface area (Å²) >= 11 is 0. The second-order valence-corrected chi connectivity index (χ2v) is 6.35. The van der Waals surface area contributed by atoms with E-state index in [4.69, 9.17) is 0 Å². The summed E-state index contributed by atoms with van der Waals surface area (Å²) in [5, 5.41) is 14.2. The van der Waals surface area contributed by atoms with Gasteiger partial charge in [0, 0.05) is 30.9 Å². The number of carbonyl (C=O) groups excluding carboxylic acids is 1. The molecule has 1 aromatic carbocycles. The summed E-state index contributed by atoms with van der Waals surface area (Å²) in [7, 11) is 0. The van der Waals surface area contributed by atoms with E-state index in [1.807, 2.05) is 4.90 Å². The molecule has 2 aromatic rings. The number of hydrogen-bond acceptors (Lipinski definition) is 5. The highest BCUT2D eigenvalue weighted by molar-refractivity contribution is 6.05. The summed E-state index contributed by atoms with van der Waals surface area (Å²) in [6.45, 7) is 3.74. The fourth-order valence-electron chi connectivity index (χ4n) is 3.13. The summed E-state index contributed by atoms with van der Waals surface area (Å²) in [6.07, 6.45) is 5.28. The molecule has 7 heteroatoms. The van der Waals surface area contributed by atoms with Crippen molar-refractivity contribution in [3.05, 3.63) is 58.4 Å². The highest BCUT2D eigenvalue weighted by Gasteiger charge is 2.25. The maximum absolute atomic E-state index is 12.4. The van der Waals surface area contributed by atoms with Crippen LogP contribution in [0.4, 0.5) is 17.1 Å². The average Bonchev–Trinajstić information content (AvgIpc) is 2.62. The van der Waals surface area contributed by atoms with E-state index >= 15 is 0 Å². The Labute approximate surface area is 145 Å². The second-order valence-electron chi connectivity index (χ2n) is 6.35. The van der Waals surface area contributed by atoms with Crippen LogP contribution in [-0.2, 0) is 0 Å². The number of nitro benzene ring substituents is 1. The van der Waals surface area contributed by atoms with Crippen molar-refractivity contribution in [2.24, 2.45) is 5.92 Å².